The van der Waals surface area contributed by atoms with Crippen molar-refractivity contribution in [1.82, 2.24) is 14.5 Å². The summed E-state index contributed by atoms with van der Waals surface area (Å²) in [6.07, 6.45) is 6.00. The Morgan fingerprint density at radius 3 is 2.60 bits per heavy atom. The third-order valence-electron chi connectivity index (χ3n) is 3.89. The number of anilines is 1. The van der Waals surface area contributed by atoms with Gasteiger partial charge in [-0.2, -0.15) is 0 Å². The van der Waals surface area contributed by atoms with Crippen LogP contribution in [0.15, 0.2) is 17.2 Å². The molecular formula is C15H26N4O. The van der Waals surface area contributed by atoms with E-state index in [1.165, 1.54) is 12.8 Å². The first-order valence-corrected chi connectivity index (χ1v) is 7.45. The number of aromatic nitrogens is 2. The lowest BCUT2D eigenvalue weighted by Crippen LogP contribution is -2.39. The van der Waals surface area contributed by atoms with Crippen LogP contribution in [0.3, 0.4) is 0 Å². The molecule has 0 aromatic carbocycles. The average Bonchev–Trinajstić information content (AvgIpc) is 2.89. The van der Waals surface area contributed by atoms with E-state index in [-0.39, 0.29) is 11.1 Å². The summed E-state index contributed by atoms with van der Waals surface area (Å²) in [5.74, 6) is 0.452. The van der Waals surface area contributed by atoms with E-state index >= 15 is 0 Å². The van der Waals surface area contributed by atoms with Crippen LogP contribution < -0.4 is 10.9 Å². The second-order valence-electron chi connectivity index (χ2n) is 6.59. The van der Waals surface area contributed by atoms with Crippen LogP contribution in [0.1, 0.15) is 40.5 Å². The Hall–Kier alpha value is -1.36. The molecule has 0 saturated carbocycles. The van der Waals surface area contributed by atoms with Crippen LogP contribution in [0.5, 0.6) is 0 Å². The van der Waals surface area contributed by atoms with E-state index in [1.54, 1.807) is 17.0 Å². The molecule has 1 aliphatic rings. The smallest absolute Gasteiger partial charge is 0.293 e. The van der Waals surface area contributed by atoms with Crippen LogP contribution in [0.4, 0.5) is 5.82 Å². The van der Waals surface area contributed by atoms with Gasteiger partial charge in [0.2, 0.25) is 0 Å². The van der Waals surface area contributed by atoms with E-state index in [1.807, 2.05) is 20.8 Å². The molecule has 0 radical (unpaired) electrons. The number of rotatable bonds is 4. The van der Waals surface area contributed by atoms with Crippen molar-refractivity contribution in [2.45, 2.75) is 52.1 Å². The molecule has 2 rings (SSSR count). The van der Waals surface area contributed by atoms with Crippen LogP contribution in [0, 0.1) is 0 Å². The van der Waals surface area contributed by atoms with Gasteiger partial charge in [0.05, 0.1) is 0 Å². The molecule has 5 heteroatoms. The highest BCUT2D eigenvalue weighted by Gasteiger charge is 2.19. The SMILES string of the molecule is CC(CNc1nccn(C(C)(C)C)c1=O)N1CCCC1. The van der Waals surface area contributed by atoms with Crippen molar-refractivity contribution in [3.63, 3.8) is 0 Å². The van der Waals surface area contributed by atoms with Gasteiger partial charge in [0.1, 0.15) is 0 Å². The second-order valence-corrected chi connectivity index (χ2v) is 6.59. The van der Waals surface area contributed by atoms with Crippen molar-refractivity contribution in [2.75, 3.05) is 25.0 Å². The minimum atomic E-state index is -0.225. The molecule has 2 heterocycles. The van der Waals surface area contributed by atoms with Gasteiger partial charge in [-0.25, -0.2) is 4.98 Å². The van der Waals surface area contributed by atoms with Crippen LogP contribution in [0.25, 0.3) is 0 Å². The number of nitrogens with one attached hydrogen (secondary N) is 1. The minimum Gasteiger partial charge on any atom is -0.364 e. The molecule has 1 N–H and O–H groups in total. The highest BCUT2D eigenvalue weighted by atomic mass is 16.1. The van der Waals surface area contributed by atoms with Crippen LogP contribution in [-0.2, 0) is 5.54 Å². The molecule has 0 spiro atoms. The van der Waals surface area contributed by atoms with Gasteiger partial charge in [0.15, 0.2) is 5.82 Å². The number of nitrogens with zero attached hydrogens (tertiary/aromatic N) is 3. The molecule has 1 atom stereocenters. The fourth-order valence-electron chi connectivity index (χ4n) is 2.62. The number of likely N-dealkylation sites (tertiary alicyclic amines) is 1. The third kappa shape index (κ3) is 3.39. The normalized spacial score (nSPS) is 18.2. The van der Waals surface area contributed by atoms with Gasteiger partial charge < -0.3 is 9.88 Å². The molecule has 1 fully saturated rings. The van der Waals surface area contributed by atoms with Gasteiger partial charge in [-0.3, -0.25) is 9.69 Å². The fourth-order valence-corrected chi connectivity index (χ4v) is 2.62. The molecule has 0 aliphatic carbocycles. The predicted molar refractivity (Wildman–Crippen MR) is 82.3 cm³/mol. The molecule has 1 aliphatic heterocycles. The van der Waals surface area contributed by atoms with Gasteiger partial charge >= 0.3 is 0 Å². The highest BCUT2D eigenvalue weighted by Crippen LogP contribution is 2.13. The lowest BCUT2D eigenvalue weighted by atomic mass is 10.1. The lowest BCUT2D eigenvalue weighted by molar-refractivity contribution is 0.269. The number of hydrogen-bond donors (Lipinski definition) is 1. The molecule has 0 bridgehead atoms. The summed E-state index contributed by atoms with van der Waals surface area (Å²) in [6, 6.07) is 0.432. The van der Waals surface area contributed by atoms with E-state index in [4.69, 9.17) is 0 Å². The Bertz CT molecular complexity index is 497. The average molecular weight is 278 g/mol. The zero-order valence-corrected chi connectivity index (χ0v) is 13.0. The van der Waals surface area contributed by atoms with Gasteiger partial charge in [-0.05, 0) is 53.6 Å². The Morgan fingerprint density at radius 1 is 1.35 bits per heavy atom. The quantitative estimate of drug-likeness (QED) is 0.914. The molecule has 20 heavy (non-hydrogen) atoms. The molecular weight excluding hydrogens is 252 g/mol. The Labute approximate surface area is 121 Å². The maximum absolute atomic E-state index is 12.4. The van der Waals surface area contributed by atoms with Crippen molar-refractivity contribution in [3.05, 3.63) is 22.7 Å². The van der Waals surface area contributed by atoms with Crippen molar-refractivity contribution < 1.29 is 0 Å². The Kier molecular flexibility index (Phi) is 4.48. The van der Waals surface area contributed by atoms with Crippen molar-refractivity contribution in [2.24, 2.45) is 0 Å². The fraction of sp³-hybridized carbons (Fsp3) is 0.733. The van der Waals surface area contributed by atoms with E-state index in [0.29, 0.717) is 11.9 Å². The molecule has 1 saturated heterocycles. The molecule has 112 valence electrons. The molecule has 0 amide bonds. The molecule has 1 aromatic heterocycles. The monoisotopic (exact) mass is 278 g/mol. The van der Waals surface area contributed by atoms with Crippen molar-refractivity contribution in [3.8, 4) is 0 Å². The summed E-state index contributed by atoms with van der Waals surface area (Å²) in [5, 5.41) is 3.22. The van der Waals surface area contributed by atoms with Crippen molar-refractivity contribution >= 4 is 5.82 Å². The molecule has 5 nitrogen and oxygen atoms in total. The van der Waals surface area contributed by atoms with E-state index < -0.39 is 0 Å². The zero-order valence-electron chi connectivity index (χ0n) is 13.0. The summed E-state index contributed by atoms with van der Waals surface area (Å²) < 4.78 is 1.73. The van der Waals surface area contributed by atoms with Crippen LogP contribution in [-0.4, -0.2) is 40.1 Å². The Morgan fingerprint density at radius 2 is 2.00 bits per heavy atom. The predicted octanol–water partition coefficient (Wildman–Crippen LogP) is 1.89. The van der Waals surface area contributed by atoms with E-state index in [9.17, 15) is 4.79 Å². The largest absolute Gasteiger partial charge is 0.364 e. The zero-order chi connectivity index (χ0) is 14.8. The minimum absolute atomic E-state index is 0.0476. The first kappa shape index (κ1) is 15.0. The Balaban J connectivity index is 2.05. The van der Waals surface area contributed by atoms with Crippen LogP contribution in [0.2, 0.25) is 0 Å². The van der Waals surface area contributed by atoms with Crippen molar-refractivity contribution in [1.29, 1.82) is 0 Å². The summed E-state index contributed by atoms with van der Waals surface area (Å²) >= 11 is 0. The van der Waals surface area contributed by atoms with E-state index in [0.717, 1.165) is 19.6 Å². The van der Waals surface area contributed by atoms with E-state index in [2.05, 4.69) is 22.1 Å². The summed E-state index contributed by atoms with van der Waals surface area (Å²) in [5.41, 5.74) is -0.273. The van der Waals surface area contributed by atoms with Gasteiger partial charge in [0.25, 0.3) is 5.56 Å². The van der Waals surface area contributed by atoms with Gasteiger partial charge in [-0.15, -0.1) is 0 Å². The summed E-state index contributed by atoms with van der Waals surface area (Å²) in [6.45, 7) is 11.3. The lowest BCUT2D eigenvalue weighted by Gasteiger charge is -2.25. The second kappa shape index (κ2) is 5.95. The maximum atomic E-state index is 12.4. The summed E-state index contributed by atoms with van der Waals surface area (Å²) in [7, 11) is 0. The molecule has 1 unspecified atom stereocenters. The van der Waals surface area contributed by atoms with Gasteiger partial charge in [-0.1, -0.05) is 0 Å². The topological polar surface area (TPSA) is 50.2 Å². The third-order valence-corrected chi connectivity index (χ3v) is 3.89. The summed E-state index contributed by atoms with van der Waals surface area (Å²) in [4.78, 5) is 19.0. The maximum Gasteiger partial charge on any atom is 0.293 e. The molecule has 1 aromatic rings. The first-order chi connectivity index (χ1) is 9.39. The highest BCUT2D eigenvalue weighted by molar-refractivity contribution is 5.31. The number of hydrogen-bond acceptors (Lipinski definition) is 4. The first-order valence-electron chi connectivity index (χ1n) is 7.45. The standard InChI is InChI=1S/C15H26N4O/c1-12(18-8-5-6-9-18)11-17-13-14(20)19(10-7-16-13)15(2,3)4/h7,10,12H,5-6,8-9,11H2,1-4H3,(H,16,17). The van der Waals surface area contributed by atoms with Crippen LogP contribution >= 0.6 is 0 Å². The van der Waals surface area contributed by atoms with Gasteiger partial charge in [0, 0.05) is 30.5 Å².